The Morgan fingerprint density at radius 3 is 1.80 bits per heavy atom. The summed E-state index contributed by atoms with van der Waals surface area (Å²) in [4.78, 5) is 2.09. The van der Waals surface area contributed by atoms with Gasteiger partial charge in [0.25, 0.3) is 0 Å². The Balaban J connectivity index is 4.12. The molecule has 0 spiro atoms. The van der Waals surface area contributed by atoms with E-state index >= 15 is 0 Å². The van der Waals surface area contributed by atoms with E-state index in [-0.39, 0.29) is 0 Å². The fourth-order valence-electron chi connectivity index (χ4n) is 1.36. The standard InChI is InChI=1S/C8H18N2/c1-6(2)8(7(3)9)10(4)5/h6,8H,3,9H2,1-2,4-5H3. The number of hydrogen-bond acceptors (Lipinski definition) is 2. The van der Waals surface area contributed by atoms with Crippen molar-refractivity contribution in [3.05, 3.63) is 12.3 Å². The molecule has 0 aromatic carbocycles. The predicted molar refractivity (Wildman–Crippen MR) is 45.6 cm³/mol. The van der Waals surface area contributed by atoms with E-state index in [9.17, 15) is 0 Å². The summed E-state index contributed by atoms with van der Waals surface area (Å²) in [5, 5.41) is 0. The summed E-state index contributed by atoms with van der Waals surface area (Å²) in [6.45, 7) is 8.02. The fraction of sp³-hybridized carbons (Fsp3) is 0.750. The summed E-state index contributed by atoms with van der Waals surface area (Å²) in [7, 11) is 4.03. The minimum absolute atomic E-state index is 0.306. The van der Waals surface area contributed by atoms with Gasteiger partial charge in [-0.1, -0.05) is 20.4 Å². The molecule has 0 radical (unpaired) electrons. The van der Waals surface area contributed by atoms with Crippen molar-refractivity contribution in [3.8, 4) is 0 Å². The zero-order chi connectivity index (χ0) is 8.31. The number of nitrogens with two attached hydrogens (primary N) is 1. The minimum atomic E-state index is 0.306. The Hall–Kier alpha value is -0.500. The van der Waals surface area contributed by atoms with Crippen LogP contribution in [0.1, 0.15) is 13.8 Å². The first-order valence-electron chi connectivity index (χ1n) is 3.57. The molecule has 0 aliphatic heterocycles. The third-order valence-corrected chi connectivity index (χ3v) is 1.57. The third-order valence-electron chi connectivity index (χ3n) is 1.57. The fourth-order valence-corrected chi connectivity index (χ4v) is 1.36. The summed E-state index contributed by atoms with van der Waals surface area (Å²) in [6.07, 6.45) is 0. The highest BCUT2D eigenvalue weighted by Crippen LogP contribution is 2.10. The SMILES string of the molecule is C=C(N)C(C(C)C)N(C)C. The molecule has 2 nitrogen and oxygen atoms in total. The molecular weight excluding hydrogens is 124 g/mol. The first-order valence-corrected chi connectivity index (χ1v) is 3.57. The molecule has 0 bridgehead atoms. The largest absolute Gasteiger partial charge is 0.401 e. The molecular formula is C8H18N2. The summed E-state index contributed by atoms with van der Waals surface area (Å²) in [5.41, 5.74) is 6.35. The van der Waals surface area contributed by atoms with E-state index in [4.69, 9.17) is 5.73 Å². The number of rotatable bonds is 3. The molecule has 0 aromatic rings. The zero-order valence-corrected chi connectivity index (χ0v) is 7.39. The molecule has 0 heterocycles. The molecule has 10 heavy (non-hydrogen) atoms. The monoisotopic (exact) mass is 142 g/mol. The highest BCUT2D eigenvalue weighted by molar-refractivity contribution is 5.01. The van der Waals surface area contributed by atoms with Crippen LogP contribution in [-0.4, -0.2) is 25.0 Å². The first-order chi connectivity index (χ1) is 4.46. The minimum Gasteiger partial charge on any atom is -0.401 e. The van der Waals surface area contributed by atoms with E-state index in [0.717, 1.165) is 5.70 Å². The van der Waals surface area contributed by atoms with E-state index in [1.807, 2.05) is 14.1 Å². The Bertz CT molecular complexity index is 108. The molecule has 0 rings (SSSR count). The Morgan fingerprint density at radius 1 is 1.40 bits per heavy atom. The number of likely N-dealkylation sites (N-methyl/N-ethyl adjacent to an activating group) is 1. The first kappa shape index (κ1) is 9.50. The molecule has 0 fully saturated rings. The zero-order valence-electron chi connectivity index (χ0n) is 7.39. The summed E-state index contributed by atoms with van der Waals surface area (Å²) >= 11 is 0. The maximum atomic E-state index is 5.60. The lowest BCUT2D eigenvalue weighted by atomic mass is 10.0. The van der Waals surface area contributed by atoms with Gasteiger partial charge in [-0.3, -0.25) is 0 Å². The molecule has 1 atom stereocenters. The van der Waals surface area contributed by atoms with Crippen molar-refractivity contribution < 1.29 is 0 Å². The van der Waals surface area contributed by atoms with Crippen molar-refractivity contribution >= 4 is 0 Å². The van der Waals surface area contributed by atoms with E-state index in [2.05, 4.69) is 25.3 Å². The molecule has 0 saturated carbocycles. The normalized spacial score (nSPS) is 14.2. The van der Waals surface area contributed by atoms with Gasteiger partial charge in [-0.05, 0) is 20.0 Å². The summed E-state index contributed by atoms with van der Waals surface area (Å²) in [5.74, 6) is 0.535. The lowest BCUT2D eigenvalue weighted by Gasteiger charge is -2.27. The van der Waals surface area contributed by atoms with Crippen LogP contribution in [0.3, 0.4) is 0 Å². The van der Waals surface area contributed by atoms with Gasteiger partial charge < -0.3 is 10.6 Å². The van der Waals surface area contributed by atoms with Crippen LogP contribution in [0.15, 0.2) is 12.3 Å². The van der Waals surface area contributed by atoms with Gasteiger partial charge in [0.1, 0.15) is 0 Å². The van der Waals surface area contributed by atoms with E-state index in [0.29, 0.717) is 12.0 Å². The topological polar surface area (TPSA) is 29.3 Å². The van der Waals surface area contributed by atoms with Crippen LogP contribution in [0.5, 0.6) is 0 Å². The molecule has 0 amide bonds. The molecule has 0 saturated heterocycles. The quantitative estimate of drug-likeness (QED) is 0.638. The van der Waals surface area contributed by atoms with Crippen LogP contribution in [0.2, 0.25) is 0 Å². The van der Waals surface area contributed by atoms with Crippen molar-refractivity contribution in [2.24, 2.45) is 11.7 Å². The van der Waals surface area contributed by atoms with Gasteiger partial charge in [-0.15, -0.1) is 0 Å². The molecule has 0 aromatic heterocycles. The Labute approximate surface area is 63.7 Å². The molecule has 60 valence electrons. The van der Waals surface area contributed by atoms with Gasteiger partial charge in [0.15, 0.2) is 0 Å². The smallest absolute Gasteiger partial charge is 0.0504 e. The van der Waals surface area contributed by atoms with E-state index in [1.165, 1.54) is 0 Å². The highest BCUT2D eigenvalue weighted by atomic mass is 15.1. The summed E-state index contributed by atoms with van der Waals surface area (Å²) < 4.78 is 0. The second-order valence-electron chi connectivity index (χ2n) is 3.23. The van der Waals surface area contributed by atoms with Gasteiger partial charge in [-0.2, -0.15) is 0 Å². The van der Waals surface area contributed by atoms with Crippen molar-refractivity contribution in [2.45, 2.75) is 19.9 Å². The lowest BCUT2D eigenvalue weighted by molar-refractivity contribution is 0.266. The third kappa shape index (κ3) is 2.40. The van der Waals surface area contributed by atoms with Crippen LogP contribution >= 0.6 is 0 Å². The Kier molecular flexibility index (Phi) is 3.43. The van der Waals surface area contributed by atoms with Crippen LogP contribution in [0.25, 0.3) is 0 Å². The molecule has 0 aliphatic carbocycles. The molecule has 2 N–H and O–H groups in total. The van der Waals surface area contributed by atoms with Crippen LogP contribution < -0.4 is 5.73 Å². The van der Waals surface area contributed by atoms with Gasteiger partial charge in [0.05, 0.1) is 6.04 Å². The summed E-state index contributed by atoms with van der Waals surface area (Å²) in [6, 6.07) is 0.306. The van der Waals surface area contributed by atoms with Crippen LogP contribution in [0, 0.1) is 5.92 Å². The van der Waals surface area contributed by atoms with Gasteiger partial charge in [0, 0.05) is 5.70 Å². The number of hydrogen-bond donors (Lipinski definition) is 1. The predicted octanol–water partition coefficient (Wildman–Crippen LogP) is 1.04. The average Bonchev–Trinajstić information content (AvgIpc) is 1.59. The Morgan fingerprint density at radius 2 is 1.80 bits per heavy atom. The van der Waals surface area contributed by atoms with Gasteiger partial charge in [0.2, 0.25) is 0 Å². The lowest BCUT2D eigenvalue weighted by Crippen LogP contribution is -2.36. The van der Waals surface area contributed by atoms with Crippen LogP contribution in [0.4, 0.5) is 0 Å². The van der Waals surface area contributed by atoms with Crippen LogP contribution in [-0.2, 0) is 0 Å². The molecule has 2 heteroatoms. The van der Waals surface area contributed by atoms with E-state index in [1.54, 1.807) is 0 Å². The molecule has 0 aliphatic rings. The van der Waals surface area contributed by atoms with Crippen molar-refractivity contribution in [3.63, 3.8) is 0 Å². The van der Waals surface area contributed by atoms with Gasteiger partial charge in [-0.25, -0.2) is 0 Å². The van der Waals surface area contributed by atoms with E-state index < -0.39 is 0 Å². The number of nitrogens with zero attached hydrogens (tertiary/aromatic N) is 1. The average molecular weight is 142 g/mol. The highest BCUT2D eigenvalue weighted by Gasteiger charge is 2.16. The maximum absolute atomic E-state index is 5.60. The van der Waals surface area contributed by atoms with Crippen molar-refractivity contribution in [2.75, 3.05) is 14.1 Å². The maximum Gasteiger partial charge on any atom is 0.0504 e. The molecule has 1 unspecified atom stereocenters. The second kappa shape index (κ2) is 3.62. The second-order valence-corrected chi connectivity index (χ2v) is 3.23. The van der Waals surface area contributed by atoms with Crippen molar-refractivity contribution in [1.82, 2.24) is 4.90 Å². The van der Waals surface area contributed by atoms with Crippen molar-refractivity contribution in [1.29, 1.82) is 0 Å². The van der Waals surface area contributed by atoms with Gasteiger partial charge >= 0.3 is 0 Å².